The Morgan fingerprint density at radius 2 is 2.00 bits per heavy atom. The summed E-state index contributed by atoms with van der Waals surface area (Å²) in [6.07, 6.45) is -3.37. The van der Waals surface area contributed by atoms with Crippen LogP contribution in [0.3, 0.4) is 0 Å². The maximum atomic E-state index is 13.1. The largest absolute Gasteiger partial charge is 0.451 e. The third-order valence-electron chi connectivity index (χ3n) is 3.90. The van der Waals surface area contributed by atoms with E-state index in [-0.39, 0.29) is 28.8 Å². The molecule has 0 saturated carbocycles. The number of aromatic nitrogens is 3. The lowest BCUT2D eigenvalue weighted by molar-refractivity contribution is -0.136. The molecule has 0 spiro atoms. The van der Waals surface area contributed by atoms with Crippen molar-refractivity contribution in [3.8, 4) is 0 Å². The lowest BCUT2D eigenvalue weighted by Gasteiger charge is -2.09. The van der Waals surface area contributed by atoms with Crippen LogP contribution in [-0.2, 0) is 12.7 Å². The van der Waals surface area contributed by atoms with Gasteiger partial charge in [-0.1, -0.05) is 29.8 Å². The molecule has 1 amide bonds. The molecule has 1 N–H and O–H groups in total. The molecule has 4 rings (SSSR count). The van der Waals surface area contributed by atoms with Crippen LogP contribution < -0.4 is 5.32 Å². The monoisotopic (exact) mass is 394 g/mol. The molecule has 3 heterocycles. The Balaban J connectivity index is 1.60. The average Bonchev–Trinajstić information content (AvgIpc) is 3.22. The number of carbonyl (C=O) groups excluding carboxylic acids is 1. The Hall–Kier alpha value is -3.07. The summed E-state index contributed by atoms with van der Waals surface area (Å²) in [6.45, 7) is -0.158. The van der Waals surface area contributed by atoms with Gasteiger partial charge in [-0.15, -0.1) is 10.2 Å². The molecular weight excluding hydrogens is 385 g/mol. The number of hydrogen-bond acceptors (Lipinski definition) is 4. The van der Waals surface area contributed by atoms with Crippen LogP contribution in [0.15, 0.2) is 47.0 Å². The molecular formula is C17H10ClF3N4O2. The molecule has 0 aliphatic carbocycles. The maximum Gasteiger partial charge on any atom is 0.420 e. The highest BCUT2D eigenvalue weighted by Gasteiger charge is 2.35. The van der Waals surface area contributed by atoms with Crippen molar-refractivity contribution in [2.45, 2.75) is 12.7 Å². The number of nitrogens with zero attached hydrogens (tertiary/aromatic N) is 3. The molecule has 0 unspecified atom stereocenters. The fraction of sp³-hybridized carbons (Fsp3) is 0.118. The number of nitrogens with one attached hydrogen (secondary N) is 1. The van der Waals surface area contributed by atoms with Gasteiger partial charge < -0.3 is 9.73 Å². The molecule has 3 aromatic heterocycles. The number of halogens is 4. The normalized spacial score (nSPS) is 12.0. The number of carbonyl (C=O) groups is 1. The van der Waals surface area contributed by atoms with Crippen molar-refractivity contribution in [1.82, 2.24) is 19.9 Å². The molecule has 0 aliphatic heterocycles. The van der Waals surface area contributed by atoms with Gasteiger partial charge in [0.2, 0.25) is 0 Å². The second-order valence-corrected chi connectivity index (χ2v) is 6.15. The van der Waals surface area contributed by atoms with E-state index in [2.05, 4.69) is 15.5 Å². The Bertz CT molecular complexity index is 1130. The molecule has 0 radical (unpaired) electrons. The maximum absolute atomic E-state index is 13.1. The van der Waals surface area contributed by atoms with E-state index in [0.29, 0.717) is 5.58 Å². The van der Waals surface area contributed by atoms with Crippen molar-refractivity contribution >= 4 is 34.1 Å². The molecule has 4 aromatic rings. The second kappa shape index (κ2) is 6.27. The molecule has 1 aromatic carbocycles. The van der Waals surface area contributed by atoms with Gasteiger partial charge in [-0.25, -0.2) is 0 Å². The first kappa shape index (κ1) is 17.3. The lowest BCUT2D eigenvalue weighted by Crippen LogP contribution is -2.23. The van der Waals surface area contributed by atoms with Crippen LogP contribution in [0.25, 0.3) is 16.6 Å². The van der Waals surface area contributed by atoms with Gasteiger partial charge in [-0.05, 0) is 18.2 Å². The van der Waals surface area contributed by atoms with Gasteiger partial charge in [-0.2, -0.15) is 13.2 Å². The van der Waals surface area contributed by atoms with Crippen molar-refractivity contribution in [2.24, 2.45) is 0 Å². The van der Waals surface area contributed by atoms with Crippen LogP contribution in [0.1, 0.15) is 21.9 Å². The number of benzene rings is 1. The number of alkyl halides is 3. The molecule has 0 fully saturated rings. The lowest BCUT2D eigenvalue weighted by atomic mass is 10.2. The van der Waals surface area contributed by atoms with Crippen molar-refractivity contribution in [1.29, 1.82) is 0 Å². The van der Waals surface area contributed by atoms with E-state index in [9.17, 15) is 18.0 Å². The summed E-state index contributed by atoms with van der Waals surface area (Å²) in [4.78, 5) is 12.3. The van der Waals surface area contributed by atoms with Crippen molar-refractivity contribution in [3.63, 3.8) is 0 Å². The first-order valence-electron chi connectivity index (χ1n) is 7.70. The number of para-hydroxylation sites is 1. The fourth-order valence-corrected chi connectivity index (χ4v) is 2.88. The van der Waals surface area contributed by atoms with E-state index in [1.807, 2.05) is 6.07 Å². The minimum atomic E-state index is -4.63. The summed E-state index contributed by atoms with van der Waals surface area (Å²) in [5.41, 5.74) is -0.838. The molecule has 27 heavy (non-hydrogen) atoms. The summed E-state index contributed by atoms with van der Waals surface area (Å²) in [5.74, 6) is -0.345. The van der Waals surface area contributed by atoms with E-state index in [1.165, 1.54) is 6.20 Å². The highest BCUT2D eigenvalue weighted by atomic mass is 35.5. The fourth-order valence-electron chi connectivity index (χ4n) is 2.68. The Morgan fingerprint density at radius 3 is 2.74 bits per heavy atom. The van der Waals surface area contributed by atoms with E-state index in [4.69, 9.17) is 16.0 Å². The molecule has 0 atom stereocenters. The number of amides is 1. The number of furan rings is 1. The van der Waals surface area contributed by atoms with Crippen LogP contribution in [0.2, 0.25) is 5.02 Å². The van der Waals surface area contributed by atoms with Crippen LogP contribution >= 0.6 is 11.6 Å². The summed E-state index contributed by atoms with van der Waals surface area (Å²) in [5, 5.41) is 10.5. The van der Waals surface area contributed by atoms with Gasteiger partial charge >= 0.3 is 6.18 Å². The highest BCUT2D eigenvalue weighted by molar-refractivity contribution is 6.30. The second-order valence-electron chi connectivity index (χ2n) is 5.71. The Morgan fingerprint density at radius 1 is 1.22 bits per heavy atom. The molecule has 6 nitrogen and oxygen atoms in total. The number of rotatable bonds is 3. The van der Waals surface area contributed by atoms with Crippen LogP contribution in [0.4, 0.5) is 13.2 Å². The quantitative estimate of drug-likeness (QED) is 0.568. The SMILES string of the molecule is O=C(NCc1nnc2c(C(F)(F)F)cc(Cl)cn12)c1cc2ccccc2o1. The topological polar surface area (TPSA) is 72.4 Å². The molecule has 0 saturated heterocycles. The van der Waals surface area contributed by atoms with Gasteiger partial charge in [0.15, 0.2) is 17.2 Å². The number of fused-ring (bicyclic) bond motifs is 2. The number of pyridine rings is 1. The van der Waals surface area contributed by atoms with E-state index in [0.717, 1.165) is 15.9 Å². The van der Waals surface area contributed by atoms with Gasteiger partial charge in [0, 0.05) is 11.6 Å². The Kier molecular flexibility index (Phi) is 4.03. The van der Waals surface area contributed by atoms with Crippen molar-refractivity contribution in [3.05, 3.63) is 64.8 Å². The van der Waals surface area contributed by atoms with Crippen LogP contribution in [0.5, 0.6) is 0 Å². The zero-order valence-corrected chi connectivity index (χ0v) is 14.2. The van der Waals surface area contributed by atoms with Gasteiger partial charge in [-0.3, -0.25) is 9.20 Å². The van der Waals surface area contributed by atoms with E-state index in [1.54, 1.807) is 24.3 Å². The number of hydrogen-bond donors (Lipinski definition) is 1. The molecule has 0 bridgehead atoms. The van der Waals surface area contributed by atoms with Gasteiger partial charge in [0.25, 0.3) is 5.91 Å². The highest BCUT2D eigenvalue weighted by Crippen LogP contribution is 2.33. The standard InChI is InChI=1S/C17H10ClF3N4O2/c18-10-6-11(17(19,20)21)15-24-23-14(25(15)8-10)7-22-16(26)13-5-9-3-1-2-4-12(9)27-13/h1-6,8H,7H2,(H,22,26). The van der Waals surface area contributed by atoms with Crippen molar-refractivity contribution in [2.75, 3.05) is 0 Å². The third kappa shape index (κ3) is 3.21. The molecule has 0 aliphatic rings. The first-order valence-corrected chi connectivity index (χ1v) is 8.08. The zero-order valence-electron chi connectivity index (χ0n) is 13.4. The molecule has 10 heteroatoms. The minimum absolute atomic E-state index is 0.0824. The van der Waals surface area contributed by atoms with Crippen LogP contribution in [-0.4, -0.2) is 20.5 Å². The minimum Gasteiger partial charge on any atom is -0.451 e. The van der Waals surface area contributed by atoms with E-state index >= 15 is 0 Å². The third-order valence-corrected chi connectivity index (χ3v) is 4.11. The Labute approximate surface area is 154 Å². The van der Waals surface area contributed by atoms with Gasteiger partial charge in [0.05, 0.1) is 11.6 Å². The average molecular weight is 395 g/mol. The van der Waals surface area contributed by atoms with Gasteiger partial charge in [0.1, 0.15) is 11.1 Å². The predicted octanol–water partition coefficient (Wildman–Crippen LogP) is 4.08. The zero-order chi connectivity index (χ0) is 19.2. The van der Waals surface area contributed by atoms with Crippen molar-refractivity contribution < 1.29 is 22.4 Å². The van der Waals surface area contributed by atoms with E-state index < -0.39 is 17.6 Å². The summed E-state index contributed by atoms with van der Waals surface area (Å²) in [6, 6.07) is 9.45. The molecule has 138 valence electrons. The first-order chi connectivity index (χ1) is 12.8. The summed E-state index contributed by atoms with van der Waals surface area (Å²) >= 11 is 5.78. The smallest absolute Gasteiger partial charge is 0.420 e. The summed E-state index contributed by atoms with van der Waals surface area (Å²) in [7, 11) is 0. The van der Waals surface area contributed by atoms with Crippen LogP contribution in [0, 0.1) is 0 Å². The predicted molar refractivity (Wildman–Crippen MR) is 90.4 cm³/mol. The summed E-state index contributed by atoms with van der Waals surface area (Å²) < 4.78 is 45.9.